The molecule has 4 aromatic rings. The van der Waals surface area contributed by atoms with Crippen molar-refractivity contribution in [2.45, 2.75) is 4.90 Å². The number of fused-ring (bicyclic) bond motifs is 2. The average Bonchev–Trinajstić information content (AvgIpc) is 3.31. The van der Waals surface area contributed by atoms with E-state index >= 15 is 0 Å². The molecule has 3 amide bonds. The number of nitrogens with zero attached hydrogens (tertiary/aromatic N) is 2. The first kappa shape index (κ1) is 20.9. The van der Waals surface area contributed by atoms with Gasteiger partial charge in [-0.1, -0.05) is 23.5 Å². The third kappa shape index (κ3) is 3.67. The molecule has 0 aliphatic carbocycles. The number of hydrogen-bond acceptors (Lipinski definition) is 7. The van der Waals surface area contributed by atoms with Gasteiger partial charge in [-0.25, -0.2) is 23.4 Å². The highest BCUT2D eigenvalue weighted by atomic mass is 32.2. The summed E-state index contributed by atoms with van der Waals surface area (Å²) in [6.45, 7) is 0. The van der Waals surface area contributed by atoms with Crippen molar-refractivity contribution < 1.29 is 22.8 Å². The van der Waals surface area contributed by atoms with Gasteiger partial charge in [-0.2, -0.15) is 0 Å². The summed E-state index contributed by atoms with van der Waals surface area (Å²) in [4.78, 5) is 43.2. The number of benzene rings is 3. The molecule has 164 valence electrons. The fraction of sp³-hybridized carbons (Fsp3) is 0. The van der Waals surface area contributed by atoms with Crippen LogP contribution in [-0.4, -0.2) is 31.1 Å². The molecule has 0 saturated heterocycles. The molecular formula is C22H14N4O5S2. The van der Waals surface area contributed by atoms with Gasteiger partial charge in [0.25, 0.3) is 17.7 Å². The first-order valence-electron chi connectivity index (χ1n) is 9.55. The molecule has 0 spiro atoms. The summed E-state index contributed by atoms with van der Waals surface area (Å²) in [6.07, 6.45) is 0. The van der Waals surface area contributed by atoms with Crippen LogP contribution in [0.15, 0.2) is 71.6 Å². The van der Waals surface area contributed by atoms with E-state index in [1.807, 2.05) is 0 Å². The lowest BCUT2D eigenvalue weighted by atomic mass is 10.1. The van der Waals surface area contributed by atoms with Gasteiger partial charge in [0.05, 0.1) is 31.9 Å². The Labute approximate surface area is 191 Å². The maximum absolute atomic E-state index is 12.6. The van der Waals surface area contributed by atoms with E-state index in [-0.39, 0.29) is 10.0 Å². The van der Waals surface area contributed by atoms with Crippen molar-refractivity contribution in [3.8, 4) is 0 Å². The number of rotatable bonds is 4. The monoisotopic (exact) mass is 478 g/mol. The number of sulfonamides is 1. The lowest BCUT2D eigenvalue weighted by Gasteiger charge is -2.14. The minimum Gasteiger partial charge on any atom is -0.298 e. The zero-order valence-electron chi connectivity index (χ0n) is 16.7. The molecule has 0 unspecified atom stereocenters. The second-order valence-electron chi connectivity index (χ2n) is 7.19. The zero-order chi connectivity index (χ0) is 23.3. The topological polar surface area (TPSA) is 140 Å². The standard InChI is InChI=1S/C22H14N4O5S2/c23-33(30,31)14-9-10-17-18(11-14)32-22(24-17)25-19(27)12-5-7-13(8-6-12)26-20(28)15-3-1-2-4-16(15)21(26)29/h1-11H,(H2,23,30,31)(H,24,25,27). The summed E-state index contributed by atoms with van der Waals surface area (Å²) in [7, 11) is -3.85. The van der Waals surface area contributed by atoms with Crippen molar-refractivity contribution in [3.05, 3.63) is 83.4 Å². The number of nitrogens with two attached hydrogens (primary N) is 1. The Kier molecular flexibility index (Phi) is 4.81. The Morgan fingerprint density at radius 2 is 1.58 bits per heavy atom. The van der Waals surface area contributed by atoms with Crippen LogP contribution in [0, 0.1) is 0 Å². The van der Waals surface area contributed by atoms with Crippen molar-refractivity contribution in [2.24, 2.45) is 5.14 Å². The molecule has 0 fully saturated rings. The molecule has 1 aromatic heterocycles. The van der Waals surface area contributed by atoms with E-state index < -0.39 is 27.7 Å². The van der Waals surface area contributed by atoms with E-state index in [4.69, 9.17) is 5.14 Å². The predicted octanol–water partition coefficient (Wildman–Crippen LogP) is 3.00. The number of imide groups is 1. The van der Waals surface area contributed by atoms with Crippen LogP contribution in [0.1, 0.15) is 31.1 Å². The van der Waals surface area contributed by atoms with Crippen LogP contribution >= 0.6 is 11.3 Å². The second kappa shape index (κ2) is 7.59. The molecule has 9 nitrogen and oxygen atoms in total. The fourth-order valence-corrected chi connectivity index (χ4v) is 5.00. The Morgan fingerprint density at radius 3 is 2.18 bits per heavy atom. The summed E-state index contributed by atoms with van der Waals surface area (Å²) < 4.78 is 23.6. The van der Waals surface area contributed by atoms with Crippen LogP contribution < -0.4 is 15.4 Å². The first-order chi connectivity index (χ1) is 15.7. The fourth-order valence-electron chi connectivity index (χ4n) is 3.49. The van der Waals surface area contributed by atoms with Gasteiger partial charge < -0.3 is 0 Å². The quantitative estimate of drug-likeness (QED) is 0.432. The Balaban J connectivity index is 1.35. The van der Waals surface area contributed by atoms with Crippen molar-refractivity contribution in [2.75, 3.05) is 10.2 Å². The Morgan fingerprint density at radius 1 is 0.939 bits per heavy atom. The maximum atomic E-state index is 12.6. The number of amides is 3. The summed E-state index contributed by atoms with van der Waals surface area (Å²) >= 11 is 1.11. The third-order valence-electron chi connectivity index (χ3n) is 5.09. The number of anilines is 2. The van der Waals surface area contributed by atoms with E-state index in [0.29, 0.717) is 32.6 Å². The number of hydrogen-bond donors (Lipinski definition) is 2. The molecule has 0 radical (unpaired) electrons. The van der Waals surface area contributed by atoms with Crippen LogP contribution in [0.25, 0.3) is 10.2 Å². The third-order valence-corrected chi connectivity index (χ3v) is 6.94. The molecule has 3 N–H and O–H groups in total. The largest absolute Gasteiger partial charge is 0.298 e. The molecule has 0 atom stereocenters. The van der Waals surface area contributed by atoms with Crippen LogP contribution in [0.2, 0.25) is 0 Å². The lowest BCUT2D eigenvalue weighted by molar-refractivity contribution is 0.0925. The highest BCUT2D eigenvalue weighted by molar-refractivity contribution is 7.89. The van der Waals surface area contributed by atoms with Crippen molar-refractivity contribution in [3.63, 3.8) is 0 Å². The molecule has 3 aromatic carbocycles. The second-order valence-corrected chi connectivity index (χ2v) is 9.78. The number of primary sulfonamides is 1. The Hall–Kier alpha value is -3.93. The van der Waals surface area contributed by atoms with E-state index in [2.05, 4.69) is 10.3 Å². The highest BCUT2D eigenvalue weighted by Gasteiger charge is 2.36. The van der Waals surface area contributed by atoms with E-state index in [0.717, 1.165) is 16.2 Å². The molecule has 0 saturated carbocycles. The highest BCUT2D eigenvalue weighted by Crippen LogP contribution is 2.30. The first-order valence-corrected chi connectivity index (χ1v) is 11.9. The van der Waals surface area contributed by atoms with E-state index in [9.17, 15) is 22.8 Å². The van der Waals surface area contributed by atoms with Crippen molar-refractivity contribution in [1.82, 2.24) is 4.98 Å². The molecule has 11 heteroatoms. The van der Waals surface area contributed by atoms with Gasteiger partial charge in [-0.15, -0.1) is 0 Å². The normalized spacial score (nSPS) is 13.4. The molecule has 33 heavy (non-hydrogen) atoms. The van der Waals surface area contributed by atoms with Crippen LogP contribution in [0.4, 0.5) is 10.8 Å². The number of carbonyl (C=O) groups excluding carboxylic acids is 3. The van der Waals surface area contributed by atoms with Crippen LogP contribution in [-0.2, 0) is 10.0 Å². The Bertz CT molecular complexity index is 1540. The molecule has 1 aliphatic heterocycles. The minimum absolute atomic E-state index is 0.0414. The van der Waals surface area contributed by atoms with Gasteiger partial charge >= 0.3 is 0 Å². The number of thiazole rings is 1. The van der Waals surface area contributed by atoms with Gasteiger partial charge in [0.2, 0.25) is 10.0 Å². The minimum atomic E-state index is -3.85. The smallest absolute Gasteiger partial charge is 0.266 e. The molecule has 0 bridgehead atoms. The summed E-state index contributed by atoms with van der Waals surface area (Å²) in [5.41, 5.74) is 1.84. The maximum Gasteiger partial charge on any atom is 0.266 e. The summed E-state index contributed by atoms with van der Waals surface area (Å²) in [6, 6.07) is 16.9. The molecule has 5 rings (SSSR count). The van der Waals surface area contributed by atoms with Crippen LogP contribution in [0.5, 0.6) is 0 Å². The van der Waals surface area contributed by atoms with Crippen molar-refractivity contribution >= 4 is 60.1 Å². The summed E-state index contributed by atoms with van der Waals surface area (Å²) in [5.74, 6) is -1.28. The number of aromatic nitrogens is 1. The van der Waals surface area contributed by atoms with Gasteiger partial charge in [0.15, 0.2) is 5.13 Å². The zero-order valence-corrected chi connectivity index (χ0v) is 18.3. The molecular weight excluding hydrogens is 464 g/mol. The van der Waals surface area contributed by atoms with Gasteiger partial charge in [0, 0.05) is 5.56 Å². The lowest BCUT2D eigenvalue weighted by Crippen LogP contribution is -2.29. The molecule has 1 aliphatic rings. The average molecular weight is 479 g/mol. The van der Waals surface area contributed by atoms with Gasteiger partial charge in [-0.05, 0) is 54.6 Å². The SMILES string of the molecule is NS(=O)(=O)c1ccc2nc(NC(=O)c3ccc(N4C(=O)c5ccccc5C4=O)cc3)sc2c1. The van der Waals surface area contributed by atoms with E-state index in [1.165, 1.54) is 42.5 Å². The van der Waals surface area contributed by atoms with Gasteiger partial charge in [0.1, 0.15) is 0 Å². The number of carbonyl (C=O) groups is 3. The predicted molar refractivity (Wildman–Crippen MR) is 123 cm³/mol. The number of nitrogens with one attached hydrogen (secondary N) is 1. The van der Waals surface area contributed by atoms with E-state index in [1.54, 1.807) is 24.3 Å². The van der Waals surface area contributed by atoms with Gasteiger partial charge in [-0.3, -0.25) is 19.7 Å². The van der Waals surface area contributed by atoms with Crippen LogP contribution in [0.3, 0.4) is 0 Å². The molecule has 2 heterocycles. The summed E-state index contributed by atoms with van der Waals surface area (Å²) in [5, 5.41) is 8.10. The van der Waals surface area contributed by atoms with Crippen molar-refractivity contribution in [1.29, 1.82) is 0 Å².